The van der Waals surface area contributed by atoms with E-state index in [0.29, 0.717) is 43.4 Å². The fraction of sp³-hybridized carbons (Fsp3) is 0.625. The van der Waals surface area contributed by atoms with E-state index in [1.807, 2.05) is 0 Å². The number of nitrogens with zero attached hydrogens (tertiary/aromatic N) is 1. The number of nitrogens with one attached hydrogen (secondary N) is 3. The number of cyclic esters (lactones) is 1. The molecule has 232 valence electrons. The van der Waals surface area contributed by atoms with Gasteiger partial charge in [0.05, 0.1) is 17.3 Å². The second-order valence-electron chi connectivity index (χ2n) is 13.5. The molecule has 0 radical (unpaired) electrons. The van der Waals surface area contributed by atoms with Crippen molar-refractivity contribution in [3.63, 3.8) is 0 Å². The minimum Gasteiger partial charge on any atom is -0.458 e. The largest absolute Gasteiger partial charge is 0.458 e. The van der Waals surface area contributed by atoms with Crippen LogP contribution in [-0.2, 0) is 9.53 Å². The molecule has 43 heavy (non-hydrogen) atoms. The molecule has 0 saturated heterocycles. The van der Waals surface area contributed by atoms with Crippen LogP contribution in [0.2, 0.25) is 0 Å². The average molecular weight is 595 g/mol. The van der Waals surface area contributed by atoms with Crippen molar-refractivity contribution in [1.29, 1.82) is 0 Å². The van der Waals surface area contributed by atoms with Crippen LogP contribution in [0.1, 0.15) is 75.1 Å². The van der Waals surface area contributed by atoms with Crippen molar-refractivity contribution >= 4 is 29.8 Å². The van der Waals surface area contributed by atoms with Crippen molar-refractivity contribution in [2.24, 2.45) is 33.7 Å². The fourth-order valence-electron chi connectivity index (χ4n) is 9.53. The Morgan fingerprint density at radius 3 is 2.47 bits per heavy atom. The Kier molecular flexibility index (Phi) is 7.42. The first-order chi connectivity index (χ1) is 20.4. The Labute approximate surface area is 251 Å². The molecule has 1 aromatic carbocycles. The number of fused-ring (bicyclic) bond motifs is 5. The van der Waals surface area contributed by atoms with Crippen LogP contribution < -0.4 is 16.1 Å². The first-order valence-corrected chi connectivity index (χ1v) is 15.4. The Balaban J connectivity index is 1.26. The number of esters is 1. The number of hydrazone groups is 1. The number of rotatable bonds is 5. The van der Waals surface area contributed by atoms with E-state index in [9.17, 15) is 29.7 Å². The molecule has 8 atom stereocenters. The molecule has 3 amide bonds. The topological polar surface area (TPSA) is 170 Å². The molecule has 1 aromatic rings. The highest BCUT2D eigenvalue weighted by molar-refractivity contribution is 5.95. The van der Waals surface area contributed by atoms with Gasteiger partial charge < -0.3 is 30.7 Å². The van der Waals surface area contributed by atoms with Crippen LogP contribution >= 0.6 is 0 Å². The summed E-state index contributed by atoms with van der Waals surface area (Å²) in [5.41, 5.74) is 1.02. The number of ether oxygens (including phenoxy) is 1. The van der Waals surface area contributed by atoms with Crippen LogP contribution in [0.4, 0.5) is 10.5 Å². The Bertz CT molecular complexity index is 1360. The van der Waals surface area contributed by atoms with Crippen molar-refractivity contribution < 1.29 is 34.4 Å². The van der Waals surface area contributed by atoms with E-state index < -0.39 is 34.0 Å². The van der Waals surface area contributed by atoms with Gasteiger partial charge in [-0.1, -0.05) is 6.92 Å². The zero-order valence-corrected chi connectivity index (χ0v) is 24.8. The SMILES string of the molecule is CNC(=O)Nc1ccc(C(=O)N/N=C/[C@]23CC[C@@H](O)C[C@]2(O)CC[C@@H]2[C@@H]3CC[C@]3(C)[C@@H](C4=CC(=O)OC4)CC[C@]23O)cc1. The lowest BCUT2D eigenvalue weighted by Gasteiger charge is -2.65. The van der Waals surface area contributed by atoms with Gasteiger partial charge in [0.2, 0.25) is 0 Å². The second-order valence-corrected chi connectivity index (χ2v) is 13.5. The smallest absolute Gasteiger partial charge is 0.331 e. The maximum absolute atomic E-state index is 13.0. The van der Waals surface area contributed by atoms with E-state index in [-0.39, 0.29) is 42.8 Å². The van der Waals surface area contributed by atoms with Crippen LogP contribution in [0.25, 0.3) is 0 Å². The highest BCUT2D eigenvalue weighted by atomic mass is 16.5. The van der Waals surface area contributed by atoms with Crippen molar-refractivity contribution in [1.82, 2.24) is 10.7 Å². The molecule has 0 aromatic heterocycles. The number of hydrogen-bond donors (Lipinski definition) is 6. The zero-order valence-electron chi connectivity index (χ0n) is 24.8. The summed E-state index contributed by atoms with van der Waals surface area (Å²) < 4.78 is 5.23. The van der Waals surface area contributed by atoms with Crippen LogP contribution in [0.3, 0.4) is 0 Å². The van der Waals surface area contributed by atoms with E-state index in [1.165, 1.54) is 7.05 Å². The third kappa shape index (κ3) is 4.67. The second kappa shape index (κ2) is 10.7. The predicted molar refractivity (Wildman–Crippen MR) is 158 cm³/mol. The summed E-state index contributed by atoms with van der Waals surface area (Å²) in [5.74, 6) is -0.892. The van der Waals surface area contributed by atoms with Gasteiger partial charge in [0.1, 0.15) is 6.61 Å². The van der Waals surface area contributed by atoms with Gasteiger partial charge in [-0.3, -0.25) is 4.79 Å². The fourth-order valence-corrected chi connectivity index (χ4v) is 9.53. The van der Waals surface area contributed by atoms with Gasteiger partial charge in [-0.2, -0.15) is 5.10 Å². The van der Waals surface area contributed by atoms with Gasteiger partial charge in [-0.05, 0) is 99.0 Å². The quantitative estimate of drug-likeness (QED) is 0.173. The van der Waals surface area contributed by atoms with Gasteiger partial charge in [-0.25, -0.2) is 15.0 Å². The van der Waals surface area contributed by atoms with Crippen LogP contribution in [-0.4, -0.2) is 70.4 Å². The van der Waals surface area contributed by atoms with Crippen LogP contribution in [0.15, 0.2) is 41.0 Å². The number of hydrogen-bond acceptors (Lipinski definition) is 8. The third-order valence-electron chi connectivity index (χ3n) is 11.7. The number of aliphatic hydroxyl groups excluding tert-OH is 1. The first kappa shape index (κ1) is 29.8. The molecule has 1 heterocycles. The summed E-state index contributed by atoms with van der Waals surface area (Å²) in [6, 6.07) is 6.06. The molecular formula is C32H42N4O7. The Morgan fingerprint density at radius 2 is 1.77 bits per heavy atom. The standard InChI is InChI=1S/C32H42N4O7/c1-29-11-8-24-25(32(29,42)14-10-23(29)20-15-26(38)43-17-20)9-13-31(41)16-22(37)7-12-30(24,31)18-34-36-27(39)19-3-5-21(6-4-19)35-28(40)33-2/h3-6,15,18,22-25,37,41-42H,7-14,16-17H2,1-2H3,(H,36,39)(H2,33,35,40)/b34-18+/t22-,23-,24+,25-,29-,30+,31-,32+/m1/s1. The maximum Gasteiger partial charge on any atom is 0.331 e. The minimum atomic E-state index is -1.22. The molecular weight excluding hydrogens is 552 g/mol. The monoisotopic (exact) mass is 594 g/mol. The zero-order chi connectivity index (χ0) is 30.6. The molecule has 4 saturated carbocycles. The summed E-state index contributed by atoms with van der Waals surface area (Å²) >= 11 is 0. The minimum absolute atomic E-state index is 0.0562. The van der Waals surface area contributed by atoms with E-state index in [1.54, 1.807) is 36.6 Å². The number of amides is 3. The van der Waals surface area contributed by atoms with Gasteiger partial charge in [-0.15, -0.1) is 0 Å². The lowest BCUT2D eigenvalue weighted by molar-refractivity contribution is -0.237. The number of carbonyl (C=O) groups is 3. The van der Waals surface area contributed by atoms with Gasteiger partial charge >= 0.3 is 12.0 Å². The van der Waals surface area contributed by atoms with E-state index in [0.717, 1.165) is 24.8 Å². The van der Waals surface area contributed by atoms with Crippen LogP contribution in [0.5, 0.6) is 0 Å². The average Bonchev–Trinajstić information content (AvgIpc) is 3.52. The van der Waals surface area contributed by atoms with E-state index in [2.05, 4.69) is 28.1 Å². The molecule has 11 heteroatoms. The van der Waals surface area contributed by atoms with Gasteiger partial charge in [0, 0.05) is 47.8 Å². The van der Waals surface area contributed by atoms with Gasteiger partial charge in [0.25, 0.3) is 5.91 Å². The number of aliphatic hydroxyl groups is 3. The molecule has 5 aliphatic rings. The highest BCUT2D eigenvalue weighted by Gasteiger charge is 2.71. The molecule has 1 aliphatic heterocycles. The number of anilines is 1. The predicted octanol–water partition coefficient (Wildman–Crippen LogP) is 2.87. The molecule has 0 unspecified atom stereocenters. The lowest BCUT2D eigenvalue weighted by Crippen LogP contribution is -2.68. The summed E-state index contributed by atoms with van der Waals surface area (Å²) in [5, 5.41) is 44.8. The van der Waals surface area contributed by atoms with Crippen molar-refractivity contribution in [2.75, 3.05) is 19.0 Å². The summed E-state index contributed by atoms with van der Waals surface area (Å²) in [6.45, 7) is 2.43. The van der Waals surface area contributed by atoms with Crippen molar-refractivity contribution in [3.8, 4) is 0 Å². The third-order valence-corrected chi connectivity index (χ3v) is 11.7. The Hall–Kier alpha value is -3.28. The maximum atomic E-state index is 13.0. The number of benzene rings is 1. The summed E-state index contributed by atoms with van der Waals surface area (Å²) in [4.78, 5) is 36.4. The normalized spacial score (nSPS) is 40.1. The van der Waals surface area contributed by atoms with Crippen molar-refractivity contribution in [2.45, 2.75) is 82.0 Å². The summed E-state index contributed by atoms with van der Waals surface area (Å²) in [6.07, 6.45) is 7.77. The number of urea groups is 1. The molecule has 6 rings (SSSR count). The lowest BCUT2D eigenvalue weighted by atomic mass is 9.41. The van der Waals surface area contributed by atoms with Crippen LogP contribution in [0, 0.1) is 28.6 Å². The van der Waals surface area contributed by atoms with Gasteiger partial charge in [0.15, 0.2) is 0 Å². The molecule has 4 fully saturated rings. The molecule has 0 spiro atoms. The molecule has 4 aliphatic carbocycles. The van der Waals surface area contributed by atoms with E-state index >= 15 is 0 Å². The number of carbonyl (C=O) groups excluding carboxylic acids is 3. The molecule has 11 nitrogen and oxygen atoms in total. The van der Waals surface area contributed by atoms with Crippen molar-refractivity contribution in [3.05, 3.63) is 41.5 Å². The summed E-state index contributed by atoms with van der Waals surface area (Å²) in [7, 11) is 1.51. The van der Waals surface area contributed by atoms with E-state index in [4.69, 9.17) is 4.74 Å². The highest BCUT2D eigenvalue weighted by Crippen LogP contribution is 2.70. The molecule has 6 N–H and O–H groups in total. The molecule has 0 bridgehead atoms. The first-order valence-electron chi connectivity index (χ1n) is 15.4. The Morgan fingerprint density at radius 1 is 1.02 bits per heavy atom.